The number of furan rings is 1. The molecule has 2 heterocycles. The zero-order chi connectivity index (χ0) is 37.7. The fourth-order valence-electron chi connectivity index (χ4n) is 8.25. The first kappa shape index (κ1) is 33.2. The Hall–Kier alpha value is -7.20. The van der Waals surface area contributed by atoms with Gasteiger partial charge in [0.25, 0.3) is 0 Å². The van der Waals surface area contributed by atoms with Gasteiger partial charge in [0.1, 0.15) is 11.2 Å². The number of fused-ring (bicyclic) bond motifs is 6. The van der Waals surface area contributed by atoms with E-state index in [0.29, 0.717) is 0 Å². The molecule has 0 unspecified atom stereocenters. The van der Waals surface area contributed by atoms with Crippen molar-refractivity contribution in [2.45, 2.75) is 0 Å². The number of hydrogen-bond acceptors (Lipinski definition) is 3. The summed E-state index contributed by atoms with van der Waals surface area (Å²) in [6, 6.07) is 76.3. The molecule has 0 N–H and O–H groups in total. The highest BCUT2D eigenvalue weighted by atomic mass is 32.1. The predicted molar refractivity (Wildman–Crippen MR) is 243 cm³/mol. The van der Waals surface area contributed by atoms with Crippen LogP contribution >= 0.6 is 11.3 Å². The van der Waals surface area contributed by atoms with E-state index in [4.69, 9.17) is 4.42 Å². The van der Waals surface area contributed by atoms with E-state index in [1.807, 2.05) is 23.5 Å². The van der Waals surface area contributed by atoms with Crippen molar-refractivity contribution >= 4 is 70.5 Å². The molecule has 0 aliphatic heterocycles. The summed E-state index contributed by atoms with van der Waals surface area (Å²) in [6.45, 7) is 0. The molecule has 268 valence electrons. The molecule has 0 radical (unpaired) electrons. The van der Waals surface area contributed by atoms with Crippen molar-refractivity contribution < 1.29 is 4.42 Å². The lowest BCUT2D eigenvalue weighted by molar-refractivity contribution is 0.669. The molecule has 0 amide bonds. The number of benzene rings is 9. The first-order valence-corrected chi connectivity index (χ1v) is 20.1. The molecule has 0 spiro atoms. The van der Waals surface area contributed by atoms with Crippen LogP contribution in [-0.4, -0.2) is 0 Å². The molecule has 9 aromatic carbocycles. The fourth-order valence-corrected chi connectivity index (χ4v) is 9.59. The van der Waals surface area contributed by atoms with Crippen LogP contribution in [0.5, 0.6) is 0 Å². The lowest BCUT2D eigenvalue weighted by Gasteiger charge is -2.26. The highest BCUT2D eigenvalue weighted by molar-refractivity contribution is 7.27. The molecular weight excluding hydrogens is 711 g/mol. The first-order valence-electron chi connectivity index (χ1n) is 19.3. The van der Waals surface area contributed by atoms with Crippen molar-refractivity contribution in [1.29, 1.82) is 0 Å². The second-order valence-electron chi connectivity index (χ2n) is 14.5. The zero-order valence-electron chi connectivity index (χ0n) is 31.0. The van der Waals surface area contributed by atoms with Crippen molar-refractivity contribution in [1.82, 2.24) is 0 Å². The SMILES string of the molecule is c1ccc(-c2ccc(-c3ccc(N(c4ccc(-c5ccc6c(c5)oc5ccccc56)cc4)c4cccc5c4sc4c(-c6ccccc6)cccc45)cc3)cc2)cc1. The van der Waals surface area contributed by atoms with Crippen LogP contribution in [0.4, 0.5) is 17.1 Å². The molecule has 11 aromatic rings. The lowest BCUT2D eigenvalue weighted by Crippen LogP contribution is -2.10. The maximum atomic E-state index is 6.26. The maximum absolute atomic E-state index is 6.26. The highest BCUT2D eigenvalue weighted by Gasteiger charge is 2.20. The molecule has 0 atom stereocenters. The molecule has 0 aliphatic rings. The molecule has 57 heavy (non-hydrogen) atoms. The van der Waals surface area contributed by atoms with Crippen LogP contribution in [0.25, 0.3) is 86.6 Å². The largest absolute Gasteiger partial charge is 0.456 e. The molecule has 0 bridgehead atoms. The van der Waals surface area contributed by atoms with E-state index < -0.39 is 0 Å². The highest BCUT2D eigenvalue weighted by Crippen LogP contribution is 2.47. The molecule has 2 nitrogen and oxygen atoms in total. The number of anilines is 3. The van der Waals surface area contributed by atoms with Crippen LogP contribution in [0, 0.1) is 0 Å². The summed E-state index contributed by atoms with van der Waals surface area (Å²) in [7, 11) is 0. The maximum Gasteiger partial charge on any atom is 0.136 e. The Morgan fingerprint density at radius 2 is 0.789 bits per heavy atom. The minimum Gasteiger partial charge on any atom is -0.456 e. The zero-order valence-corrected chi connectivity index (χ0v) is 31.8. The molecular formula is C54H35NOS. The molecule has 11 rings (SSSR count). The van der Waals surface area contributed by atoms with Gasteiger partial charge in [-0.1, -0.05) is 164 Å². The van der Waals surface area contributed by atoms with E-state index in [-0.39, 0.29) is 0 Å². The first-order chi connectivity index (χ1) is 28.2. The minimum atomic E-state index is 0.903. The average Bonchev–Trinajstić information content (AvgIpc) is 3.86. The third kappa shape index (κ3) is 5.88. The van der Waals surface area contributed by atoms with E-state index in [0.717, 1.165) is 50.1 Å². The Labute approximate surface area is 335 Å². The smallest absolute Gasteiger partial charge is 0.136 e. The van der Waals surface area contributed by atoms with Crippen molar-refractivity contribution in [3.8, 4) is 44.5 Å². The minimum absolute atomic E-state index is 0.903. The van der Waals surface area contributed by atoms with Gasteiger partial charge in [-0.2, -0.15) is 0 Å². The normalized spacial score (nSPS) is 11.5. The van der Waals surface area contributed by atoms with E-state index in [2.05, 4.69) is 205 Å². The number of thiophene rings is 1. The molecule has 0 saturated heterocycles. The van der Waals surface area contributed by atoms with Crippen LogP contribution in [0.2, 0.25) is 0 Å². The van der Waals surface area contributed by atoms with Crippen LogP contribution in [0.1, 0.15) is 0 Å². The Morgan fingerprint density at radius 3 is 1.46 bits per heavy atom. The lowest BCUT2D eigenvalue weighted by atomic mass is 10.00. The predicted octanol–water partition coefficient (Wildman–Crippen LogP) is 16.1. The van der Waals surface area contributed by atoms with Gasteiger partial charge in [-0.3, -0.25) is 0 Å². The summed E-state index contributed by atoms with van der Waals surface area (Å²) in [4.78, 5) is 2.41. The van der Waals surface area contributed by atoms with Gasteiger partial charge in [-0.25, -0.2) is 0 Å². The van der Waals surface area contributed by atoms with Gasteiger partial charge in [-0.05, 0) is 93.0 Å². The summed E-state index contributed by atoms with van der Waals surface area (Å²) in [5.74, 6) is 0. The molecule has 3 heteroatoms. The van der Waals surface area contributed by atoms with Gasteiger partial charge < -0.3 is 9.32 Å². The summed E-state index contributed by atoms with van der Waals surface area (Å²) in [6.07, 6.45) is 0. The Kier molecular flexibility index (Phi) is 8.04. The van der Waals surface area contributed by atoms with Gasteiger partial charge >= 0.3 is 0 Å². The monoisotopic (exact) mass is 745 g/mol. The Bertz CT molecular complexity index is 3200. The molecule has 2 aromatic heterocycles. The van der Waals surface area contributed by atoms with Crippen LogP contribution < -0.4 is 4.90 Å². The number of hydrogen-bond donors (Lipinski definition) is 0. The van der Waals surface area contributed by atoms with Crippen molar-refractivity contribution in [3.05, 3.63) is 212 Å². The Balaban J connectivity index is 1.02. The van der Waals surface area contributed by atoms with Crippen molar-refractivity contribution in [3.63, 3.8) is 0 Å². The third-order valence-corrected chi connectivity index (χ3v) is 12.4. The molecule has 0 fully saturated rings. The molecule has 0 saturated carbocycles. The standard InChI is InChI=1S/C54H35NOS/c1-3-11-36(12-4-1)37-21-23-38(24-22-37)39-25-30-43(31-26-39)55(44-32-27-40(28-33-44)42-29-34-47-46-15-7-8-20-51(46)56-52(47)35-42)50-19-10-18-49-48-17-9-16-45(53(48)57-54(49)50)41-13-5-2-6-14-41/h1-35H. The summed E-state index contributed by atoms with van der Waals surface area (Å²) in [5.41, 5.74) is 14.8. The van der Waals surface area contributed by atoms with Crippen LogP contribution in [0.15, 0.2) is 217 Å². The van der Waals surface area contributed by atoms with Gasteiger partial charge in [-0.15, -0.1) is 11.3 Å². The second-order valence-corrected chi connectivity index (χ2v) is 15.5. The number of nitrogens with zero attached hydrogens (tertiary/aromatic N) is 1. The van der Waals surface area contributed by atoms with Gasteiger partial charge in [0.15, 0.2) is 0 Å². The van der Waals surface area contributed by atoms with Crippen LogP contribution in [0.3, 0.4) is 0 Å². The molecule has 0 aliphatic carbocycles. The van der Waals surface area contributed by atoms with Crippen molar-refractivity contribution in [2.75, 3.05) is 4.90 Å². The third-order valence-electron chi connectivity index (χ3n) is 11.1. The van der Waals surface area contributed by atoms with Gasteiger partial charge in [0, 0.05) is 37.6 Å². The number of rotatable bonds is 7. The van der Waals surface area contributed by atoms with Crippen molar-refractivity contribution in [2.24, 2.45) is 0 Å². The topological polar surface area (TPSA) is 16.4 Å². The van der Waals surface area contributed by atoms with E-state index in [1.54, 1.807) is 0 Å². The average molecular weight is 746 g/mol. The quantitative estimate of drug-likeness (QED) is 0.162. The number of para-hydroxylation sites is 1. The van der Waals surface area contributed by atoms with E-state index >= 15 is 0 Å². The van der Waals surface area contributed by atoms with Gasteiger partial charge in [0.2, 0.25) is 0 Å². The fraction of sp³-hybridized carbons (Fsp3) is 0. The van der Waals surface area contributed by atoms with Gasteiger partial charge in [0.05, 0.1) is 10.4 Å². The second kappa shape index (κ2) is 13.8. The van der Waals surface area contributed by atoms with Crippen LogP contribution in [-0.2, 0) is 0 Å². The Morgan fingerprint density at radius 1 is 0.316 bits per heavy atom. The summed E-state index contributed by atoms with van der Waals surface area (Å²) >= 11 is 1.88. The van der Waals surface area contributed by atoms with E-state index in [9.17, 15) is 0 Å². The van der Waals surface area contributed by atoms with E-state index in [1.165, 1.54) is 53.6 Å². The summed E-state index contributed by atoms with van der Waals surface area (Å²) in [5, 5.41) is 4.83. The summed E-state index contributed by atoms with van der Waals surface area (Å²) < 4.78 is 8.82.